The van der Waals surface area contributed by atoms with E-state index in [0.29, 0.717) is 30.9 Å². The van der Waals surface area contributed by atoms with E-state index in [0.717, 1.165) is 36.5 Å². The summed E-state index contributed by atoms with van der Waals surface area (Å²) in [5, 5.41) is 3.52. The number of nitrogens with one attached hydrogen (secondary N) is 1. The van der Waals surface area contributed by atoms with Gasteiger partial charge in [0, 0.05) is 49.9 Å². The number of carbonyl (C=O) groups excluding carboxylic acids is 4. The molecule has 31 heavy (non-hydrogen) atoms. The van der Waals surface area contributed by atoms with Crippen LogP contribution in [0.15, 0.2) is 24.4 Å². The van der Waals surface area contributed by atoms with Crippen molar-refractivity contribution in [1.82, 2.24) is 15.4 Å². The van der Waals surface area contributed by atoms with Crippen molar-refractivity contribution >= 4 is 45.3 Å². The van der Waals surface area contributed by atoms with Gasteiger partial charge in [-0.3, -0.25) is 19.4 Å². The Labute approximate surface area is 190 Å². The molecule has 1 N–H and O–H groups in total. The van der Waals surface area contributed by atoms with Crippen LogP contribution in [0.1, 0.15) is 63.5 Å². The summed E-state index contributed by atoms with van der Waals surface area (Å²) in [7, 11) is 3.36. The van der Waals surface area contributed by atoms with E-state index in [1.807, 2.05) is 18.2 Å². The SMILES string of the molecule is O=C(CCSSCc1ccccn1)NCCCCCCC(=O)ON1C(=O)CCCC1=O. The number of imide groups is 1. The summed E-state index contributed by atoms with van der Waals surface area (Å²) in [5.74, 6) is 0.162. The van der Waals surface area contributed by atoms with Crippen molar-refractivity contribution in [2.45, 2.75) is 63.5 Å². The predicted octanol–water partition coefficient (Wildman–Crippen LogP) is 3.42. The third kappa shape index (κ3) is 10.7. The Kier molecular flexibility index (Phi) is 12.1. The fourth-order valence-electron chi connectivity index (χ4n) is 2.83. The van der Waals surface area contributed by atoms with Crippen LogP contribution >= 0.6 is 21.6 Å². The van der Waals surface area contributed by atoms with E-state index in [1.54, 1.807) is 27.8 Å². The number of piperidine rings is 1. The molecule has 1 fully saturated rings. The van der Waals surface area contributed by atoms with Gasteiger partial charge in [0.2, 0.25) is 5.91 Å². The molecule has 1 aromatic heterocycles. The molecule has 0 aliphatic carbocycles. The highest BCUT2D eigenvalue weighted by molar-refractivity contribution is 8.76. The number of aromatic nitrogens is 1. The van der Waals surface area contributed by atoms with E-state index in [1.165, 1.54) is 0 Å². The van der Waals surface area contributed by atoms with E-state index >= 15 is 0 Å². The van der Waals surface area contributed by atoms with Gasteiger partial charge in [0.05, 0.1) is 5.69 Å². The van der Waals surface area contributed by atoms with Gasteiger partial charge in [0.25, 0.3) is 11.8 Å². The van der Waals surface area contributed by atoms with Gasteiger partial charge in [0.15, 0.2) is 0 Å². The first-order chi connectivity index (χ1) is 15.1. The van der Waals surface area contributed by atoms with E-state index in [-0.39, 0.29) is 25.2 Å². The number of hydrogen-bond donors (Lipinski definition) is 1. The second-order valence-corrected chi connectivity index (χ2v) is 9.65. The zero-order valence-electron chi connectivity index (χ0n) is 17.5. The summed E-state index contributed by atoms with van der Waals surface area (Å²) < 4.78 is 0. The molecule has 8 nitrogen and oxygen atoms in total. The maximum atomic E-state index is 11.8. The molecule has 0 spiro atoms. The first kappa shape index (κ1) is 25.2. The number of carbonyl (C=O) groups is 4. The summed E-state index contributed by atoms with van der Waals surface area (Å²) in [5.41, 5.74) is 1.03. The van der Waals surface area contributed by atoms with E-state index in [2.05, 4.69) is 10.3 Å². The van der Waals surface area contributed by atoms with Gasteiger partial charge in [-0.15, -0.1) is 5.06 Å². The number of unbranched alkanes of at least 4 members (excludes halogenated alkanes) is 3. The molecule has 0 bridgehead atoms. The van der Waals surface area contributed by atoms with Crippen LogP contribution in [0.4, 0.5) is 0 Å². The van der Waals surface area contributed by atoms with Crippen molar-refractivity contribution in [2.24, 2.45) is 0 Å². The van der Waals surface area contributed by atoms with Crippen LogP contribution in [0.5, 0.6) is 0 Å². The molecule has 170 valence electrons. The smallest absolute Gasteiger partial charge is 0.333 e. The van der Waals surface area contributed by atoms with Crippen LogP contribution in [-0.4, -0.2) is 46.0 Å². The molecule has 2 heterocycles. The maximum absolute atomic E-state index is 11.8. The molecule has 10 heteroatoms. The first-order valence-corrected chi connectivity index (χ1v) is 13.0. The lowest BCUT2D eigenvalue weighted by molar-refractivity contribution is -0.205. The molecular weight excluding hydrogens is 438 g/mol. The highest BCUT2D eigenvalue weighted by Gasteiger charge is 2.29. The van der Waals surface area contributed by atoms with Crippen LogP contribution in [0.25, 0.3) is 0 Å². The highest BCUT2D eigenvalue weighted by Crippen LogP contribution is 2.25. The zero-order chi connectivity index (χ0) is 22.3. The second-order valence-electron chi connectivity index (χ2n) is 7.07. The molecule has 2 rings (SSSR count). The van der Waals surface area contributed by atoms with Crippen molar-refractivity contribution in [3.63, 3.8) is 0 Å². The molecule has 1 aromatic rings. The molecule has 0 unspecified atom stereocenters. The third-order valence-electron chi connectivity index (χ3n) is 4.49. The minimum atomic E-state index is -0.560. The Hall–Kier alpha value is -2.07. The van der Waals surface area contributed by atoms with Crippen LogP contribution in [0, 0.1) is 0 Å². The Balaban J connectivity index is 1.40. The van der Waals surface area contributed by atoms with Gasteiger partial charge in [0.1, 0.15) is 0 Å². The lowest BCUT2D eigenvalue weighted by atomic mass is 10.1. The Morgan fingerprint density at radius 3 is 2.55 bits per heavy atom. The van der Waals surface area contributed by atoms with Gasteiger partial charge in [-0.2, -0.15) is 0 Å². The van der Waals surface area contributed by atoms with Crippen LogP contribution in [0.3, 0.4) is 0 Å². The maximum Gasteiger partial charge on any atom is 0.333 e. The predicted molar refractivity (Wildman–Crippen MR) is 120 cm³/mol. The number of hydroxylamine groups is 2. The van der Waals surface area contributed by atoms with Gasteiger partial charge in [-0.25, -0.2) is 4.79 Å². The van der Waals surface area contributed by atoms with Crippen LogP contribution in [0.2, 0.25) is 0 Å². The Morgan fingerprint density at radius 1 is 1.03 bits per heavy atom. The topological polar surface area (TPSA) is 106 Å². The van der Waals surface area contributed by atoms with E-state index in [9.17, 15) is 19.2 Å². The third-order valence-corrected chi connectivity index (χ3v) is 6.79. The average molecular weight is 468 g/mol. The summed E-state index contributed by atoms with van der Waals surface area (Å²) in [6, 6.07) is 5.84. The van der Waals surface area contributed by atoms with Gasteiger partial charge >= 0.3 is 5.97 Å². The fourth-order valence-corrected chi connectivity index (χ4v) is 4.80. The second kappa shape index (κ2) is 14.9. The minimum absolute atomic E-state index is 0.0466. The largest absolute Gasteiger partial charge is 0.356 e. The summed E-state index contributed by atoms with van der Waals surface area (Å²) in [4.78, 5) is 55.9. The lowest BCUT2D eigenvalue weighted by Crippen LogP contribution is -2.41. The van der Waals surface area contributed by atoms with E-state index in [4.69, 9.17) is 4.84 Å². The van der Waals surface area contributed by atoms with Gasteiger partial charge in [-0.05, 0) is 31.4 Å². The molecule has 1 aliphatic rings. The summed E-state index contributed by atoms with van der Waals surface area (Å²) in [6.07, 6.45) is 6.54. The quantitative estimate of drug-likeness (QED) is 0.252. The molecule has 0 saturated carbocycles. The van der Waals surface area contributed by atoms with Crippen molar-refractivity contribution in [2.75, 3.05) is 12.3 Å². The summed E-state index contributed by atoms with van der Waals surface area (Å²) in [6.45, 7) is 0.617. The Morgan fingerprint density at radius 2 is 1.81 bits per heavy atom. The van der Waals surface area contributed by atoms with Crippen molar-refractivity contribution < 1.29 is 24.0 Å². The van der Waals surface area contributed by atoms with Crippen LogP contribution in [-0.2, 0) is 29.8 Å². The number of amides is 3. The number of nitrogens with zero attached hydrogens (tertiary/aromatic N) is 2. The van der Waals surface area contributed by atoms with Crippen LogP contribution < -0.4 is 5.32 Å². The standard InChI is InChI=1S/C21H29N3O5S2/c25-18(12-15-30-31-16-17-8-4-6-13-22-17)23-14-5-2-1-3-11-21(28)29-24-19(26)9-7-10-20(24)27/h4,6,8,13H,1-3,5,7,9-12,14-16H2,(H,23,25). The Bertz CT molecular complexity index is 717. The molecule has 0 aromatic carbocycles. The number of rotatable bonds is 14. The normalized spacial score (nSPS) is 13.9. The van der Waals surface area contributed by atoms with Crippen molar-refractivity contribution in [3.8, 4) is 0 Å². The number of pyridine rings is 1. The fraction of sp³-hybridized carbons (Fsp3) is 0.571. The highest BCUT2D eigenvalue weighted by atomic mass is 33.1. The molecule has 1 aliphatic heterocycles. The summed E-state index contributed by atoms with van der Waals surface area (Å²) >= 11 is 0. The monoisotopic (exact) mass is 467 g/mol. The minimum Gasteiger partial charge on any atom is -0.356 e. The van der Waals surface area contributed by atoms with Crippen molar-refractivity contribution in [1.29, 1.82) is 0 Å². The van der Waals surface area contributed by atoms with Gasteiger partial charge in [-0.1, -0.05) is 40.5 Å². The molecular formula is C21H29N3O5S2. The zero-order valence-corrected chi connectivity index (χ0v) is 19.2. The molecule has 0 radical (unpaired) electrons. The lowest BCUT2D eigenvalue weighted by Gasteiger charge is -2.22. The number of hydrogen-bond acceptors (Lipinski definition) is 8. The molecule has 0 atom stereocenters. The molecule has 1 saturated heterocycles. The van der Waals surface area contributed by atoms with E-state index < -0.39 is 17.8 Å². The average Bonchev–Trinajstić information content (AvgIpc) is 2.76. The first-order valence-electron chi connectivity index (χ1n) is 10.5. The van der Waals surface area contributed by atoms with Crippen molar-refractivity contribution in [3.05, 3.63) is 30.1 Å². The van der Waals surface area contributed by atoms with Gasteiger partial charge < -0.3 is 10.2 Å². The molecule has 3 amide bonds.